The van der Waals surface area contributed by atoms with Gasteiger partial charge in [0.25, 0.3) is 5.91 Å². The van der Waals surface area contributed by atoms with Crippen LogP contribution in [0.2, 0.25) is 0 Å². The molecule has 1 aliphatic heterocycles. The highest BCUT2D eigenvalue weighted by Gasteiger charge is 2.41. The van der Waals surface area contributed by atoms with Crippen LogP contribution in [0.25, 0.3) is 17.1 Å². The number of carbonyl (C=O) groups is 2. The van der Waals surface area contributed by atoms with E-state index in [4.69, 9.17) is 12.2 Å². The van der Waals surface area contributed by atoms with Crippen molar-refractivity contribution in [3.63, 3.8) is 0 Å². The number of hydrogen-bond acceptors (Lipinski definition) is 6. The van der Waals surface area contributed by atoms with E-state index in [0.717, 1.165) is 22.2 Å². The SMILES string of the molecule is O=C(O)C(c1ccccc1)N1C(=O)/C(=C/c2cnc3ccccc3n2)SC1=S. The minimum absolute atomic E-state index is 0.196. The Morgan fingerprint density at radius 2 is 1.79 bits per heavy atom. The molecule has 1 N–H and O–H groups in total. The first-order valence-electron chi connectivity index (χ1n) is 8.31. The average molecular weight is 407 g/mol. The molecule has 0 aliphatic carbocycles. The van der Waals surface area contributed by atoms with Gasteiger partial charge in [-0.05, 0) is 23.8 Å². The summed E-state index contributed by atoms with van der Waals surface area (Å²) in [5.41, 5.74) is 2.45. The van der Waals surface area contributed by atoms with Crippen LogP contribution in [0.1, 0.15) is 17.3 Å². The summed E-state index contributed by atoms with van der Waals surface area (Å²) in [6.45, 7) is 0. The minimum Gasteiger partial charge on any atom is -0.479 e. The molecule has 0 radical (unpaired) electrons. The van der Waals surface area contributed by atoms with Crippen molar-refractivity contribution in [3.05, 3.63) is 77.0 Å². The number of fused-ring (bicyclic) bond motifs is 1. The van der Waals surface area contributed by atoms with Crippen molar-refractivity contribution in [2.75, 3.05) is 0 Å². The van der Waals surface area contributed by atoms with Crippen molar-refractivity contribution in [1.82, 2.24) is 14.9 Å². The minimum atomic E-state index is -1.18. The third-order valence-electron chi connectivity index (χ3n) is 4.18. The zero-order chi connectivity index (χ0) is 19.7. The molecule has 0 saturated carbocycles. The van der Waals surface area contributed by atoms with Crippen LogP contribution in [0.3, 0.4) is 0 Å². The predicted octanol–water partition coefficient (Wildman–Crippen LogP) is 3.66. The third kappa shape index (κ3) is 3.39. The van der Waals surface area contributed by atoms with Gasteiger partial charge in [0.2, 0.25) is 0 Å². The first-order chi connectivity index (χ1) is 13.5. The topological polar surface area (TPSA) is 83.4 Å². The monoisotopic (exact) mass is 407 g/mol. The number of aliphatic carboxylic acids is 1. The molecule has 0 spiro atoms. The number of thiocarbonyl (C=S) groups is 1. The summed E-state index contributed by atoms with van der Waals surface area (Å²) < 4.78 is 0.196. The Morgan fingerprint density at radius 1 is 1.11 bits per heavy atom. The maximum Gasteiger partial charge on any atom is 0.331 e. The summed E-state index contributed by atoms with van der Waals surface area (Å²) >= 11 is 6.37. The predicted molar refractivity (Wildman–Crippen MR) is 111 cm³/mol. The summed E-state index contributed by atoms with van der Waals surface area (Å²) in [7, 11) is 0. The number of carboxylic acids is 1. The van der Waals surface area contributed by atoms with Crippen LogP contribution in [-0.2, 0) is 9.59 Å². The molecule has 6 nitrogen and oxygen atoms in total. The summed E-state index contributed by atoms with van der Waals surface area (Å²) in [6.07, 6.45) is 3.16. The van der Waals surface area contributed by atoms with Crippen LogP contribution in [-0.4, -0.2) is 36.2 Å². The van der Waals surface area contributed by atoms with Gasteiger partial charge in [0.05, 0.1) is 27.8 Å². The zero-order valence-electron chi connectivity index (χ0n) is 14.4. The van der Waals surface area contributed by atoms with Gasteiger partial charge < -0.3 is 5.11 Å². The van der Waals surface area contributed by atoms with Crippen molar-refractivity contribution in [2.24, 2.45) is 0 Å². The van der Waals surface area contributed by atoms with E-state index in [1.165, 1.54) is 0 Å². The quantitative estimate of drug-likeness (QED) is 0.522. The number of rotatable bonds is 4. The third-order valence-corrected chi connectivity index (χ3v) is 5.51. The second-order valence-corrected chi connectivity index (χ2v) is 7.66. The zero-order valence-corrected chi connectivity index (χ0v) is 16.0. The maximum absolute atomic E-state index is 12.9. The first kappa shape index (κ1) is 18.3. The van der Waals surface area contributed by atoms with E-state index in [-0.39, 0.29) is 4.32 Å². The molecular formula is C20H13N3O3S2. The molecule has 2 aromatic carbocycles. The van der Waals surface area contributed by atoms with Crippen LogP contribution >= 0.6 is 24.0 Å². The Bertz CT molecular complexity index is 1130. The van der Waals surface area contributed by atoms with Gasteiger partial charge >= 0.3 is 5.97 Å². The Hall–Kier alpha value is -3.10. The highest BCUT2D eigenvalue weighted by Crippen LogP contribution is 2.38. The molecule has 138 valence electrons. The smallest absolute Gasteiger partial charge is 0.331 e. The highest BCUT2D eigenvalue weighted by molar-refractivity contribution is 8.26. The van der Waals surface area contributed by atoms with E-state index in [0.29, 0.717) is 21.7 Å². The van der Waals surface area contributed by atoms with Crippen LogP contribution in [0.5, 0.6) is 0 Å². The molecule has 8 heteroatoms. The molecule has 1 amide bonds. The second-order valence-electron chi connectivity index (χ2n) is 5.99. The number of nitrogens with zero attached hydrogens (tertiary/aromatic N) is 3. The van der Waals surface area contributed by atoms with Crippen LogP contribution < -0.4 is 0 Å². The molecular weight excluding hydrogens is 394 g/mol. The Balaban J connectivity index is 1.69. The van der Waals surface area contributed by atoms with Gasteiger partial charge in [-0.25, -0.2) is 9.78 Å². The van der Waals surface area contributed by atoms with Gasteiger partial charge in [0.1, 0.15) is 4.32 Å². The van der Waals surface area contributed by atoms with E-state index >= 15 is 0 Å². The lowest BCUT2D eigenvalue weighted by Gasteiger charge is -2.23. The standard InChI is InChI=1S/C20H13N3O3S2/c24-18-16(10-13-11-21-14-8-4-5-9-15(14)22-13)28-20(27)23(18)17(19(25)26)12-6-2-1-3-7-12/h1-11,17H,(H,25,26)/b16-10-. The van der Waals surface area contributed by atoms with E-state index in [9.17, 15) is 14.7 Å². The molecule has 28 heavy (non-hydrogen) atoms. The highest BCUT2D eigenvalue weighted by atomic mass is 32.2. The molecule has 1 fully saturated rings. The largest absolute Gasteiger partial charge is 0.479 e. The molecule has 2 heterocycles. The number of carbonyl (C=O) groups excluding carboxylic acids is 1. The van der Waals surface area contributed by atoms with Crippen LogP contribution in [0, 0.1) is 0 Å². The number of thioether (sulfide) groups is 1. The molecule has 1 unspecified atom stereocenters. The lowest BCUT2D eigenvalue weighted by molar-refractivity contribution is -0.145. The lowest BCUT2D eigenvalue weighted by Crippen LogP contribution is -2.37. The molecule has 0 bridgehead atoms. The fourth-order valence-corrected chi connectivity index (χ4v) is 4.21. The van der Waals surface area contributed by atoms with Gasteiger partial charge in [0.15, 0.2) is 6.04 Å². The first-order valence-corrected chi connectivity index (χ1v) is 9.53. The molecule has 1 atom stereocenters. The molecule has 1 aliphatic rings. The van der Waals surface area contributed by atoms with E-state index in [1.807, 2.05) is 24.3 Å². The molecule has 4 rings (SSSR count). The van der Waals surface area contributed by atoms with Crippen molar-refractivity contribution in [1.29, 1.82) is 0 Å². The summed E-state index contributed by atoms with van der Waals surface area (Å²) in [6, 6.07) is 14.8. The van der Waals surface area contributed by atoms with Gasteiger partial charge in [0, 0.05) is 0 Å². The Labute approximate surface area is 169 Å². The number of para-hydroxylation sites is 2. The Kier molecular flexibility index (Phi) is 4.89. The van der Waals surface area contributed by atoms with Gasteiger partial charge in [-0.1, -0.05) is 66.4 Å². The van der Waals surface area contributed by atoms with Crippen molar-refractivity contribution < 1.29 is 14.7 Å². The van der Waals surface area contributed by atoms with Crippen LogP contribution in [0.4, 0.5) is 0 Å². The van der Waals surface area contributed by atoms with Crippen LogP contribution in [0.15, 0.2) is 65.7 Å². The number of carboxylic acid groups (broad SMARTS) is 1. The second kappa shape index (κ2) is 7.49. The fourth-order valence-electron chi connectivity index (χ4n) is 2.92. The van der Waals surface area contributed by atoms with E-state index in [1.54, 1.807) is 42.6 Å². The summed E-state index contributed by atoms with van der Waals surface area (Å²) in [4.78, 5) is 35.1. The van der Waals surface area contributed by atoms with Crippen molar-refractivity contribution >= 4 is 57.3 Å². The maximum atomic E-state index is 12.9. The number of amides is 1. The van der Waals surface area contributed by atoms with Gasteiger partial charge in [-0.3, -0.25) is 14.7 Å². The van der Waals surface area contributed by atoms with Crippen molar-refractivity contribution in [3.8, 4) is 0 Å². The number of aromatic nitrogens is 2. The number of benzene rings is 2. The molecule has 1 aromatic heterocycles. The molecule has 1 saturated heterocycles. The van der Waals surface area contributed by atoms with Gasteiger partial charge in [-0.2, -0.15) is 0 Å². The van der Waals surface area contributed by atoms with Crippen molar-refractivity contribution in [2.45, 2.75) is 6.04 Å². The van der Waals surface area contributed by atoms with Gasteiger partial charge in [-0.15, -0.1) is 0 Å². The van der Waals surface area contributed by atoms with E-state index < -0.39 is 17.9 Å². The summed E-state index contributed by atoms with van der Waals surface area (Å²) in [5, 5.41) is 9.71. The Morgan fingerprint density at radius 3 is 2.50 bits per heavy atom. The lowest BCUT2D eigenvalue weighted by atomic mass is 10.1. The van der Waals surface area contributed by atoms with E-state index in [2.05, 4.69) is 9.97 Å². The number of hydrogen-bond donors (Lipinski definition) is 1. The fraction of sp³-hybridized carbons (Fsp3) is 0.0500. The molecule has 3 aromatic rings. The normalized spacial score (nSPS) is 16.7. The summed E-state index contributed by atoms with van der Waals surface area (Å²) in [5.74, 6) is -1.60. The average Bonchev–Trinajstić information content (AvgIpc) is 2.96.